The summed E-state index contributed by atoms with van der Waals surface area (Å²) >= 11 is 0. The van der Waals surface area contributed by atoms with Gasteiger partial charge in [-0.05, 0) is 19.9 Å². The lowest BCUT2D eigenvalue weighted by Gasteiger charge is -1.91. The van der Waals surface area contributed by atoms with E-state index in [1.165, 1.54) is 0 Å². The molecule has 0 aliphatic rings. The molecule has 1 aromatic rings. The molecule has 0 bridgehead atoms. The molecule has 0 aliphatic carbocycles. The lowest BCUT2D eigenvalue weighted by molar-refractivity contribution is 1.11. The van der Waals surface area contributed by atoms with Crippen LogP contribution in [-0.4, -0.2) is 4.98 Å². The zero-order valence-electron chi connectivity index (χ0n) is 7.56. The Morgan fingerprint density at radius 3 is 2.09 bits per heavy atom. The van der Waals surface area contributed by atoms with Crippen molar-refractivity contribution in [1.82, 2.24) is 4.98 Å². The number of aromatic nitrogens is 1. The van der Waals surface area contributed by atoms with Gasteiger partial charge in [-0.15, -0.1) is 0 Å². The Kier molecular flexibility index (Phi) is 4.27. The predicted molar refractivity (Wildman–Crippen MR) is 47.9 cm³/mol. The van der Waals surface area contributed by atoms with Gasteiger partial charge in [0.05, 0.1) is 0 Å². The van der Waals surface area contributed by atoms with Crippen LogP contribution in [0.5, 0.6) is 0 Å². The van der Waals surface area contributed by atoms with Gasteiger partial charge in [0.15, 0.2) is 0 Å². The quantitative estimate of drug-likeness (QED) is 0.607. The maximum absolute atomic E-state index is 10.8. The van der Waals surface area contributed by atoms with Crippen LogP contribution in [0.15, 0.2) is 16.9 Å². The summed E-state index contributed by atoms with van der Waals surface area (Å²) < 4.78 is 0. The van der Waals surface area contributed by atoms with Crippen molar-refractivity contribution in [2.24, 2.45) is 0 Å². The van der Waals surface area contributed by atoms with Crippen molar-refractivity contribution >= 4 is 0 Å². The Hall–Kier alpha value is -1.05. The standard InChI is InChI=1S/C7H9NO.C2H6/c1-5-3-4-6(2)8-7(5)9;1-2/h3-4H,1-2H3,(H,8,9);1-2H3. The van der Waals surface area contributed by atoms with Crippen molar-refractivity contribution in [3.8, 4) is 0 Å². The second-order valence-corrected chi connectivity index (χ2v) is 2.15. The SMILES string of the molecule is CC.Cc1ccc(C)c(=O)[nH]1. The molecule has 0 unspecified atom stereocenters. The summed E-state index contributed by atoms with van der Waals surface area (Å²) in [7, 11) is 0. The van der Waals surface area contributed by atoms with E-state index in [1.54, 1.807) is 6.92 Å². The van der Waals surface area contributed by atoms with Crippen LogP contribution in [-0.2, 0) is 0 Å². The largest absolute Gasteiger partial charge is 0.326 e. The lowest BCUT2D eigenvalue weighted by Crippen LogP contribution is -2.08. The molecule has 11 heavy (non-hydrogen) atoms. The average Bonchev–Trinajstić information content (AvgIpc) is 2.02. The first-order valence-corrected chi connectivity index (χ1v) is 3.86. The Labute approximate surface area is 67.3 Å². The van der Waals surface area contributed by atoms with Gasteiger partial charge >= 0.3 is 0 Å². The van der Waals surface area contributed by atoms with Crippen LogP contribution in [0, 0.1) is 13.8 Å². The van der Waals surface area contributed by atoms with Gasteiger partial charge in [0.2, 0.25) is 0 Å². The van der Waals surface area contributed by atoms with Gasteiger partial charge in [-0.1, -0.05) is 19.9 Å². The molecular formula is C9H15NO. The van der Waals surface area contributed by atoms with Crippen molar-refractivity contribution < 1.29 is 0 Å². The monoisotopic (exact) mass is 153 g/mol. The summed E-state index contributed by atoms with van der Waals surface area (Å²) in [4.78, 5) is 13.5. The molecular weight excluding hydrogens is 138 g/mol. The number of hydrogen-bond acceptors (Lipinski definition) is 1. The normalized spacial score (nSPS) is 8.36. The van der Waals surface area contributed by atoms with Crippen molar-refractivity contribution in [3.05, 3.63) is 33.7 Å². The molecule has 1 N–H and O–H groups in total. The van der Waals surface area contributed by atoms with Crippen LogP contribution in [0.3, 0.4) is 0 Å². The van der Waals surface area contributed by atoms with Gasteiger partial charge in [-0.3, -0.25) is 4.79 Å². The first-order chi connectivity index (χ1) is 5.20. The highest BCUT2D eigenvalue weighted by Crippen LogP contribution is 1.88. The van der Waals surface area contributed by atoms with Crippen LogP contribution in [0.4, 0.5) is 0 Å². The Morgan fingerprint density at radius 2 is 1.73 bits per heavy atom. The number of nitrogens with one attached hydrogen (secondary N) is 1. The van der Waals surface area contributed by atoms with E-state index in [9.17, 15) is 4.79 Å². The van der Waals surface area contributed by atoms with Gasteiger partial charge < -0.3 is 4.98 Å². The molecule has 0 spiro atoms. The average molecular weight is 153 g/mol. The molecule has 0 amide bonds. The topological polar surface area (TPSA) is 32.9 Å². The van der Waals surface area contributed by atoms with E-state index < -0.39 is 0 Å². The Bertz CT molecular complexity index is 263. The summed E-state index contributed by atoms with van der Waals surface area (Å²) in [5, 5.41) is 0. The number of hydrogen-bond donors (Lipinski definition) is 1. The van der Waals surface area contributed by atoms with Gasteiger partial charge in [0, 0.05) is 11.3 Å². The predicted octanol–water partition coefficient (Wildman–Crippen LogP) is 2.02. The molecule has 2 heteroatoms. The lowest BCUT2D eigenvalue weighted by atomic mass is 10.3. The van der Waals surface area contributed by atoms with Crippen molar-refractivity contribution in [3.63, 3.8) is 0 Å². The van der Waals surface area contributed by atoms with Crippen molar-refractivity contribution in [2.75, 3.05) is 0 Å². The first kappa shape index (κ1) is 9.95. The minimum absolute atomic E-state index is 0.00926. The Morgan fingerprint density at radius 1 is 1.18 bits per heavy atom. The summed E-state index contributed by atoms with van der Waals surface area (Å²) in [6, 6.07) is 3.70. The maximum Gasteiger partial charge on any atom is 0.251 e. The fourth-order valence-electron chi connectivity index (χ4n) is 0.645. The van der Waals surface area contributed by atoms with Gasteiger partial charge in [0.25, 0.3) is 5.56 Å². The third kappa shape index (κ3) is 3.03. The number of H-pyrrole nitrogens is 1. The second-order valence-electron chi connectivity index (χ2n) is 2.15. The Balaban J connectivity index is 0.000000461. The van der Waals surface area contributed by atoms with Crippen molar-refractivity contribution in [1.29, 1.82) is 0 Å². The van der Waals surface area contributed by atoms with E-state index in [-0.39, 0.29) is 5.56 Å². The molecule has 0 fully saturated rings. The highest BCUT2D eigenvalue weighted by Gasteiger charge is 1.88. The van der Waals surface area contributed by atoms with Gasteiger partial charge in [0.1, 0.15) is 0 Å². The molecule has 0 aromatic carbocycles. The zero-order valence-corrected chi connectivity index (χ0v) is 7.56. The molecule has 0 radical (unpaired) electrons. The van der Waals surface area contributed by atoms with E-state index >= 15 is 0 Å². The number of aryl methyl sites for hydroxylation is 2. The fraction of sp³-hybridized carbons (Fsp3) is 0.444. The third-order valence-electron chi connectivity index (χ3n) is 1.25. The minimum Gasteiger partial charge on any atom is -0.326 e. The van der Waals surface area contributed by atoms with E-state index in [0.29, 0.717) is 0 Å². The van der Waals surface area contributed by atoms with E-state index in [4.69, 9.17) is 0 Å². The summed E-state index contributed by atoms with van der Waals surface area (Å²) in [5.41, 5.74) is 1.68. The van der Waals surface area contributed by atoms with Crippen LogP contribution in [0.2, 0.25) is 0 Å². The van der Waals surface area contributed by atoms with E-state index in [1.807, 2.05) is 32.9 Å². The molecule has 2 nitrogen and oxygen atoms in total. The molecule has 0 aliphatic heterocycles. The number of pyridine rings is 1. The fourth-order valence-corrected chi connectivity index (χ4v) is 0.645. The maximum atomic E-state index is 10.8. The number of aromatic amines is 1. The molecule has 0 saturated heterocycles. The zero-order chi connectivity index (χ0) is 8.85. The second kappa shape index (κ2) is 4.72. The summed E-state index contributed by atoms with van der Waals surface area (Å²) in [6.45, 7) is 7.65. The highest BCUT2D eigenvalue weighted by atomic mass is 16.1. The van der Waals surface area contributed by atoms with Crippen LogP contribution >= 0.6 is 0 Å². The highest BCUT2D eigenvalue weighted by molar-refractivity contribution is 5.10. The molecule has 0 saturated carbocycles. The van der Waals surface area contributed by atoms with Crippen LogP contribution < -0.4 is 5.56 Å². The molecule has 1 rings (SSSR count). The minimum atomic E-state index is 0.00926. The third-order valence-corrected chi connectivity index (χ3v) is 1.25. The molecule has 1 aromatic heterocycles. The van der Waals surface area contributed by atoms with Gasteiger partial charge in [-0.25, -0.2) is 0 Å². The van der Waals surface area contributed by atoms with Crippen LogP contribution in [0.1, 0.15) is 25.1 Å². The molecule has 62 valence electrons. The van der Waals surface area contributed by atoms with Crippen LogP contribution in [0.25, 0.3) is 0 Å². The number of rotatable bonds is 0. The van der Waals surface area contributed by atoms with Crippen molar-refractivity contribution in [2.45, 2.75) is 27.7 Å². The molecule has 1 heterocycles. The van der Waals surface area contributed by atoms with Gasteiger partial charge in [-0.2, -0.15) is 0 Å². The van der Waals surface area contributed by atoms with E-state index in [0.717, 1.165) is 11.3 Å². The first-order valence-electron chi connectivity index (χ1n) is 3.86. The summed E-state index contributed by atoms with van der Waals surface area (Å²) in [6.07, 6.45) is 0. The smallest absolute Gasteiger partial charge is 0.251 e. The van der Waals surface area contributed by atoms with E-state index in [2.05, 4.69) is 4.98 Å². The summed E-state index contributed by atoms with van der Waals surface area (Å²) in [5.74, 6) is 0. The molecule has 0 atom stereocenters.